The first-order valence-electron chi connectivity index (χ1n) is 5.86. The van der Waals surface area contributed by atoms with Crippen molar-refractivity contribution in [3.05, 3.63) is 66.6 Å². The minimum absolute atomic E-state index is 0.830. The van der Waals surface area contributed by atoms with Gasteiger partial charge >= 0.3 is 0 Å². The van der Waals surface area contributed by atoms with Gasteiger partial charge in [0, 0.05) is 18.0 Å². The Bertz CT molecular complexity index is 639. The van der Waals surface area contributed by atoms with Crippen molar-refractivity contribution in [1.82, 2.24) is 14.8 Å². The van der Waals surface area contributed by atoms with E-state index in [-0.39, 0.29) is 0 Å². The molecule has 0 N–H and O–H groups in total. The smallest absolute Gasteiger partial charge is 0.153 e. The number of hydrogen-bond acceptors (Lipinski definition) is 2. The van der Waals surface area contributed by atoms with E-state index in [9.17, 15) is 0 Å². The SMILES string of the molecule is Cc1ccc(-c2cnn(-c3ccccn3)c2)cc1. The van der Waals surface area contributed by atoms with Gasteiger partial charge in [-0.25, -0.2) is 9.67 Å². The molecular weight excluding hydrogens is 222 g/mol. The molecule has 1 aromatic carbocycles. The molecule has 0 radical (unpaired) electrons. The van der Waals surface area contributed by atoms with Crippen LogP contribution in [0.5, 0.6) is 0 Å². The zero-order valence-electron chi connectivity index (χ0n) is 10.1. The first kappa shape index (κ1) is 10.7. The van der Waals surface area contributed by atoms with Gasteiger partial charge in [-0.15, -0.1) is 0 Å². The van der Waals surface area contributed by atoms with Gasteiger partial charge in [-0.1, -0.05) is 35.9 Å². The Kier molecular flexibility index (Phi) is 2.65. The maximum Gasteiger partial charge on any atom is 0.153 e. The van der Waals surface area contributed by atoms with Crippen LogP contribution in [0, 0.1) is 6.92 Å². The number of nitrogens with zero attached hydrogens (tertiary/aromatic N) is 3. The highest BCUT2D eigenvalue weighted by Gasteiger charge is 2.03. The van der Waals surface area contributed by atoms with Gasteiger partial charge in [0.25, 0.3) is 0 Å². The van der Waals surface area contributed by atoms with Crippen molar-refractivity contribution in [3.8, 4) is 16.9 Å². The summed E-state index contributed by atoms with van der Waals surface area (Å²) < 4.78 is 1.79. The molecule has 0 amide bonds. The number of aryl methyl sites for hydroxylation is 1. The van der Waals surface area contributed by atoms with Crippen LogP contribution in [-0.2, 0) is 0 Å². The molecule has 0 atom stereocenters. The third-order valence-electron chi connectivity index (χ3n) is 2.85. The van der Waals surface area contributed by atoms with Crippen LogP contribution >= 0.6 is 0 Å². The van der Waals surface area contributed by atoms with Crippen LogP contribution in [0.2, 0.25) is 0 Å². The van der Waals surface area contributed by atoms with E-state index in [4.69, 9.17) is 0 Å². The molecule has 3 rings (SSSR count). The molecule has 0 aliphatic rings. The largest absolute Gasteiger partial charge is 0.237 e. The standard InChI is InChI=1S/C15H13N3/c1-12-5-7-13(8-6-12)14-10-17-18(11-14)15-4-2-3-9-16-15/h2-11H,1H3. The molecule has 88 valence electrons. The van der Waals surface area contributed by atoms with E-state index in [1.54, 1.807) is 10.9 Å². The van der Waals surface area contributed by atoms with Crippen molar-refractivity contribution in [2.24, 2.45) is 0 Å². The van der Waals surface area contributed by atoms with Crippen LogP contribution in [0.15, 0.2) is 61.1 Å². The van der Waals surface area contributed by atoms with Crippen molar-refractivity contribution >= 4 is 0 Å². The fourth-order valence-electron chi connectivity index (χ4n) is 1.83. The van der Waals surface area contributed by atoms with Gasteiger partial charge in [0.05, 0.1) is 6.20 Å². The van der Waals surface area contributed by atoms with Crippen LogP contribution in [-0.4, -0.2) is 14.8 Å². The maximum absolute atomic E-state index is 4.34. The minimum Gasteiger partial charge on any atom is -0.237 e. The van der Waals surface area contributed by atoms with E-state index in [0.717, 1.165) is 11.4 Å². The zero-order valence-corrected chi connectivity index (χ0v) is 10.1. The van der Waals surface area contributed by atoms with Gasteiger partial charge in [0.15, 0.2) is 5.82 Å². The molecule has 0 unspecified atom stereocenters. The lowest BCUT2D eigenvalue weighted by Gasteiger charge is -1.99. The highest BCUT2D eigenvalue weighted by atomic mass is 15.3. The van der Waals surface area contributed by atoms with Gasteiger partial charge in [0.1, 0.15) is 0 Å². The molecule has 0 saturated heterocycles. The minimum atomic E-state index is 0.830. The molecule has 0 bridgehead atoms. The second-order valence-electron chi connectivity index (χ2n) is 4.23. The highest BCUT2D eigenvalue weighted by molar-refractivity contribution is 5.62. The first-order valence-corrected chi connectivity index (χ1v) is 5.86. The molecule has 18 heavy (non-hydrogen) atoms. The molecule has 0 aliphatic heterocycles. The summed E-state index contributed by atoms with van der Waals surface area (Å²) in [7, 11) is 0. The van der Waals surface area contributed by atoms with Crippen molar-refractivity contribution in [2.75, 3.05) is 0 Å². The topological polar surface area (TPSA) is 30.7 Å². The monoisotopic (exact) mass is 235 g/mol. The summed E-state index contributed by atoms with van der Waals surface area (Å²) in [5.74, 6) is 0.830. The summed E-state index contributed by atoms with van der Waals surface area (Å²) in [4.78, 5) is 4.27. The number of pyridine rings is 1. The predicted molar refractivity (Wildman–Crippen MR) is 71.5 cm³/mol. The average Bonchev–Trinajstić information content (AvgIpc) is 2.90. The first-order chi connectivity index (χ1) is 8.83. The summed E-state index contributed by atoms with van der Waals surface area (Å²) in [6.07, 6.45) is 5.62. The number of benzene rings is 1. The van der Waals surface area contributed by atoms with Crippen molar-refractivity contribution in [2.45, 2.75) is 6.92 Å². The Hall–Kier alpha value is -2.42. The molecule has 0 fully saturated rings. The lowest BCUT2D eigenvalue weighted by Crippen LogP contribution is -1.95. The Labute approximate surface area is 106 Å². The molecule has 2 heterocycles. The Morgan fingerprint density at radius 2 is 1.78 bits per heavy atom. The third-order valence-corrected chi connectivity index (χ3v) is 2.85. The average molecular weight is 235 g/mol. The Morgan fingerprint density at radius 1 is 0.944 bits per heavy atom. The van der Waals surface area contributed by atoms with Crippen LogP contribution < -0.4 is 0 Å². The predicted octanol–water partition coefficient (Wildman–Crippen LogP) is 3.24. The highest BCUT2D eigenvalue weighted by Crippen LogP contribution is 2.19. The van der Waals surface area contributed by atoms with Crippen LogP contribution in [0.1, 0.15) is 5.56 Å². The summed E-state index contributed by atoms with van der Waals surface area (Å²) in [5, 5.41) is 4.34. The molecule has 3 nitrogen and oxygen atoms in total. The summed E-state index contributed by atoms with van der Waals surface area (Å²) in [6.45, 7) is 2.08. The molecule has 3 aromatic rings. The third kappa shape index (κ3) is 2.02. The van der Waals surface area contributed by atoms with Gasteiger partial charge in [0.2, 0.25) is 0 Å². The lowest BCUT2D eigenvalue weighted by molar-refractivity contribution is 0.847. The molecule has 0 saturated carbocycles. The fourth-order valence-corrected chi connectivity index (χ4v) is 1.83. The lowest BCUT2D eigenvalue weighted by atomic mass is 10.1. The zero-order chi connectivity index (χ0) is 12.4. The van der Waals surface area contributed by atoms with Crippen LogP contribution in [0.4, 0.5) is 0 Å². The van der Waals surface area contributed by atoms with E-state index in [1.807, 2.05) is 30.6 Å². The fraction of sp³-hybridized carbons (Fsp3) is 0.0667. The summed E-state index contributed by atoms with van der Waals surface area (Å²) >= 11 is 0. The van der Waals surface area contributed by atoms with Crippen molar-refractivity contribution in [3.63, 3.8) is 0 Å². The van der Waals surface area contributed by atoms with Gasteiger partial charge in [-0.3, -0.25) is 0 Å². The second kappa shape index (κ2) is 4.45. The van der Waals surface area contributed by atoms with E-state index < -0.39 is 0 Å². The van der Waals surface area contributed by atoms with Gasteiger partial charge in [-0.2, -0.15) is 5.10 Å². The van der Waals surface area contributed by atoms with E-state index >= 15 is 0 Å². The Morgan fingerprint density at radius 3 is 2.50 bits per heavy atom. The molecule has 3 heteroatoms. The number of aromatic nitrogens is 3. The van der Waals surface area contributed by atoms with Crippen molar-refractivity contribution in [1.29, 1.82) is 0 Å². The van der Waals surface area contributed by atoms with Gasteiger partial charge in [-0.05, 0) is 24.6 Å². The maximum atomic E-state index is 4.34. The molecular formula is C15H13N3. The Balaban J connectivity index is 1.97. The van der Waals surface area contributed by atoms with Crippen molar-refractivity contribution < 1.29 is 0 Å². The summed E-state index contributed by atoms with van der Waals surface area (Å²) in [5.41, 5.74) is 3.53. The van der Waals surface area contributed by atoms with Crippen LogP contribution in [0.3, 0.4) is 0 Å². The quantitative estimate of drug-likeness (QED) is 0.682. The second-order valence-corrected chi connectivity index (χ2v) is 4.23. The van der Waals surface area contributed by atoms with Crippen LogP contribution in [0.25, 0.3) is 16.9 Å². The van der Waals surface area contributed by atoms with E-state index in [1.165, 1.54) is 11.1 Å². The molecule has 0 spiro atoms. The number of hydrogen-bond donors (Lipinski definition) is 0. The number of rotatable bonds is 2. The normalized spacial score (nSPS) is 10.5. The van der Waals surface area contributed by atoms with E-state index in [2.05, 4.69) is 41.3 Å². The summed E-state index contributed by atoms with van der Waals surface area (Å²) in [6, 6.07) is 14.2. The molecule has 0 aliphatic carbocycles. The molecule has 2 aromatic heterocycles. The van der Waals surface area contributed by atoms with Gasteiger partial charge < -0.3 is 0 Å². The van der Waals surface area contributed by atoms with E-state index in [0.29, 0.717) is 0 Å².